The average molecular weight is 379 g/mol. The predicted octanol–water partition coefficient (Wildman–Crippen LogP) is 4.43. The van der Waals surface area contributed by atoms with Crippen molar-refractivity contribution >= 4 is 11.9 Å². The SMILES string of the molecule is COc1ccc(/C=C2\Oc3c4c(cc(C)c3C2=O)OCN(CC(C)C)C4)cc1. The van der Waals surface area contributed by atoms with Crippen molar-refractivity contribution in [2.75, 3.05) is 20.4 Å². The summed E-state index contributed by atoms with van der Waals surface area (Å²) in [5.41, 5.74) is 3.38. The second-order valence-corrected chi connectivity index (χ2v) is 7.77. The van der Waals surface area contributed by atoms with E-state index in [-0.39, 0.29) is 5.78 Å². The van der Waals surface area contributed by atoms with Crippen LogP contribution in [-0.4, -0.2) is 31.1 Å². The molecule has 0 bridgehead atoms. The fourth-order valence-electron chi connectivity index (χ4n) is 3.76. The zero-order chi connectivity index (χ0) is 19.8. The molecule has 0 fully saturated rings. The van der Waals surface area contributed by atoms with Crippen LogP contribution in [0, 0.1) is 12.8 Å². The van der Waals surface area contributed by atoms with Gasteiger partial charge in [0.15, 0.2) is 5.76 Å². The van der Waals surface area contributed by atoms with Gasteiger partial charge in [0.1, 0.15) is 24.0 Å². The Labute approximate surface area is 165 Å². The lowest BCUT2D eigenvalue weighted by Gasteiger charge is -2.31. The Morgan fingerprint density at radius 3 is 2.68 bits per heavy atom. The maximum Gasteiger partial charge on any atom is 0.232 e. The van der Waals surface area contributed by atoms with Crippen molar-refractivity contribution in [3.8, 4) is 17.2 Å². The molecule has 2 aromatic carbocycles. The largest absolute Gasteiger partial charge is 0.497 e. The molecule has 0 saturated carbocycles. The Balaban J connectivity index is 1.68. The van der Waals surface area contributed by atoms with Crippen LogP contribution < -0.4 is 14.2 Å². The zero-order valence-electron chi connectivity index (χ0n) is 16.7. The van der Waals surface area contributed by atoms with Crippen molar-refractivity contribution in [3.63, 3.8) is 0 Å². The van der Waals surface area contributed by atoms with Gasteiger partial charge in [0.2, 0.25) is 5.78 Å². The van der Waals surface area contributed by atoms with Gasteiger partial charge >= 0.3 is 0 Å². The Kier molecular flexibility index (Phi) is 4.85. The molecule has 0 aliphatic carbocycles. The number of nitrogens with zero attached hydrogens (tertiary/aromatic N) is 1. The monoisotopic (exact) mass is 379 g/mol. The molecule has 0 atom stereocenters. The first-order valence-electron chi connectivity index (χ1n) is 9.56. The van der Waals surface area contributed by atoms with Crippen molar-refractivity contribution in [3.05, 3.63) is 58.3 Å². The highest BCUT2D eigenvalue weighted by Gasteiger charge is 2.35. The van der Waals surface area contributed by atoms with Crippen molar-refractivity contribution in [1.82, 2.24) is 4.90 Å². The summed E-state index contributed by atoms with van der Waals surface area (Å²) in [6, 6.07) is 9.49. The minimum Gasteiger partial charge on any atom is -0.497 e. The number of ketones is 1. The fraction of sp³-hybridized carbons (Fsp3) is 0.348. The summed E-state index contributed by atoms with van der Waals surface area (Å²) in [6.07, 6.45) is 1.78. The first-order chi connectivity index (χ1) is 13.5. The number of hydrogen-bond acceptors (Lipinski definition) is 5. The summed E-state index contributed by atoms with van der Waals surface area (Å²) < 4.78 is 17.2. The number of fused-ring (bicyclic) bond motifs is 3. The third-order valence-corrected chi connectivity index (χ3v) is 5.02. The molecule has 0 radical (unpaired) electrons. The Morgan fingerprint density at radius 1 is 1.25 bits per heavy atom. The molecule has 28 heavy (non-hydrogen) atoms. The van der Waals surface area contributed by atoms with Crippen molar-refractivity contribution in [1.29, 1.82) is 0 Å². The number of carbonyl (C=O) groups is 1. The molecule has 2 heterocycles. The predicted molar refractivity (Wildman–Crippen MR) is 108 cm³/mol. The van der Waals surface area contributed by atoms with Crippen LogP contribution in [0.4, 0.5) is 0 Å². The molecule has 0 N–H and O–H groups in total. The molecule has 146 valence electrons. The van der Waals surface area contributed by atoms with Crippen molar-refractivity contribution in [2.24, 2.45) is 5.92 Å². The molecule has 0 saturated heterocycles. The standard InChI is InChI=1S/C23H25NO4/c1-14(2)11-24-12-18-19(27-13-24)9-15(3)21-22(25)20(28-23(18)21)10-16-5-7-17(26-4)8-6-16/h5-10,14H,11-13H2,1-4H3/b20-10-. The van der Waals surface area contributed by atoms with Gasteiger partial charge in [-0.2, -0.15) is 0 Å². The van der Waals surface area contributed by atoms with Crippen LogP contribution in [0.2, 0.25) is 0 Å². The van der Waals surface area contributed by atoms with E-state index >= 15 is 0 Å². The van der Waals surface area contributed by atoms with Gasteiger partial charge in [-0.25, -0.2) is 0 Å². The number of carbonyl (C=O) groups excluding carboxylic acids is 1. The first kappa shape index (κ1) is 18.6. The van der Waals surface area contributed by atoms with Crippen LogP contribution in [0.15, 0.2) is 36.1 Å². The molecule has 0 amide bonds. The van der Waals surface area contributed by atoms with Crippen molar-refractivity contribution in [2.45, 2.75) is 27.3 Å². The van der Waals surface area contributed by atoms with Gasteiger partial charge in [-0.3, -0.25) is 9.69 Å². The molecule has 2 aromatic rings. The summed E-state index contributed by atoms with van der Waals surface area (Å²) in [7, 11) is 1.63. The van der Waals surface area contributed by atoms with Gasteiger partial charge in [0.25, 0.3) is 0 Å². The van der Waals surface area contributed by atoms with Gasteiger partial charge in [-0.15, -0.1) is 0 Å². The first-order valence-corrected chi connectivity index (χ1v) is 9.56. The second-order valence-electron chi connectivity index (χ2n) is 7.77. The van der Waals surface area contributed by atoms with Crippen LogP contribution >= 0.6 is 0 Å². The highest BCUT2D eigenvalue weighted by molar-refractivity contribution is 6.15. The second kappa shape index (κ2) is 7.32. The summed E-state index contributed by atoms with van der Waals surface area (Å²) in [6.45, 7) is 8.52. The number of allylic oxidation sites excluding steroid dienone is 1. The Bertz CT molecular complexity index is 944. The van der Waals surface area contributed by atoms with Gasteiger partial charge in [0, 0.05) is 13.1 Å². The number of hydrogen-bond donors (Lipinski definition) is 0. The quantitative estimate of drug-likeness (QED) is 0.736. The van der Waals surface area contributed by atoms with E-state index in [0.717, 1.165) is 41.3 Å². The van der Waals surface area contributed by atoms with Crippen molar-refractivity contribution < 1.29 is 19.0 Å². The zero-order valence-corrected chi connectivity index (χ0v) is 16.7. The normalized spacial score (nSPS) is 17.3. The third kappa shape index (κ3) is 3.38. The van der Waals surface area contributed by atoms with E-state index in [9.17, 15) is 4.79 Å². The molecular formula is C23H25NO4. The number of rotatable bonds is 4. The van der Waals surface area contributed by atoms with E-state index in [2.05, 4.69) is 18.7 Å². The summed E-state index contributed by atoms with van der Waals surface area (Å²) in [4.78, 5) is 15.3. The van der Waals surface area contributed by atoms with E-state index in [1.807, 2.05) is 37.3 Å². The number of methoxy groups -OCH3 is 1. The molecule has 2 aliphatic heterocycles. The van der Waals surface area contributed by atoms with Gasteiger partial charge < -0.3 is 14.2 Å². The highest BCUT2D eigenvalue weighted by Crippen LogP contribution is 2.44. The molecule has 0 spiro atoms. The van der Waals surface area contributed by atoms with Crippen LogP contribution in [0.3, 0.4) is 0 Å². The number of aryl methyl sites for hydroxylation is 1. The topological polar surface area (TPSA) is 48.0 Å². The maximum absolute atomic E-state index is 13.0. The molecular weight excluding hydrogens is 354 g/mol. The fourth-order valence-corrected chi connectivity index (χ4v) is 3.76. The minimum absolute atomic E-state index is 0.0768. The number of Topliss-reactive ketones (excluding diaryl/α,β-unsaturated/α-hetero) is 1. The molecule has 5 nitrogen and oxygen atoms in total. The summed E-state index contributed by atoms with van der Waals surface area (Å²) >= 11 is 0. The Hall–Kier alpha value is -2.79. The average Bonchev–Trinajstić information content (AvgIpc) is 3.00. The van der Waals surface area contributed by atoms with Crippen LogP contribution in [0.5, 0.6) is 17.2 Å². The molecule has 0 unspecified atom stereocenters. The maximum atomic E-state index is 13.0. The minimum atomic E-state index is -0.0768. The van der Waals surface area contributed by atoms with Gasteiger partial charge in [-0.05, 0) is 48.2 Å². The van der Waals surface area contributed by atoms with Gasteiger partial charge in [0.05, 0.1) is 18.2 Å². The number of benzene rings is 2. The Morgan fingerprint density at radius 2 is 2.00 bits per heavy atom. The van der Waals surface area contributed by atoms with E-state index in [0.29, 0.717) is 29.7 Å². The number of ether oxygens (including phenoxy) is 3. The molecule has 0 aromatic heterocycles. The van der Waals surface area contributed by atoms with Crippen LogP contribution in [0.25, 0.3) is 6.08 Å². The highest BCUT2D eigenvalue weighted by atomic mass is 16.5. The summed E-state index contributed by atoms with van der Waals surface area (Å²) in [5, 5.41) is 0. The van der Waals surface area contributed by atoms with E-state index in [1.165, 1.54) is 0 Å². The summed E-state index contributed by atoms with van der Waals surface area (Å²) in [5.74, 6) is 3.04. The lowest BCUT2D eigenvalue weighted by molar-refractivity contribution is 0.0831. The molecule has 5 heteroatoms. The van der Waals surface area contributed by atoms with Crippen LogP contribution in [0.1, 0.15) is 40.9 Å². The molecule has 4 rings (SSSR count). The third-order valence-electron chi connectivity index (χ3n) is 5.02. The van der Waals surface area contributed by atoms with E-state index in [1.54, 1.807) is 13.2 Å². The smallest absolute Gasteiger partial charge is 0.232 e. The lowest BCUT2D eigenvalue weighted by atomic mass is 9.98. The van der Waals surface area contributed by atoms with E-state index < -0.39 is 0 Å². The van der Waals surface area contributed by atoms with Crippen LogP contribution in [-0.2, 0) is 6.54 Å². The lowest BCUT2D eigenvalue weighted by Crippen LogP contribution is -2.35. The van der Waals surface area contributed by atoms with Gasteiger partial charge in [-0.1, -0.05) is 26.0 Å². The molecule has 2 aliphatic rings. The van der Waals surface area contributed by atoms with E-state index in [4.69, 9.17) is 14.2 Å².